The van der Waals surface area contributed by atoms with Gasteiger partial charge in [0.25, 0.3) is 0 Å². The zero-order valence-electron chi connectivity index (χ0n) is 14.4. The van der Waals surface area contributed by atoms with Crippen molar-refractivity contribution in [1.82, 2.24) is 0 Å². The Morgan fingerprint density at radius 1 is 0.950 bits per heavy atom. The van der Waals surface area contributed by atoms with Gasteiger partial charge in [0, 0.05) is 0 Å². The van der Waals surface area contributed by atoms with E-state index in [1.807, 2.05) is 0 Å². The summed E-state index contributed by atoms with van der Waals surface area (Å²) in [6.45, 7) is 17.0. The van der Waals surface area contributed by atoms with Gasteiger partial charge in [0.05, 0.1) is 6.61 Å². The Morgan fingerprint density at radius 2 is 1.45 bits per heavy atom. The van der Waals surface area contributed by atoms with Crippen molar-refractivity contribution in [2.24, 2.45) is 0 Å². The van der Waals surface area contributed by atoms with Crippen LogP contribution in [0.15, 0.2) is 24.3 Å². The maximum Gasteiger partial charge on any atom is 0.201 e. The van der Waals surface area contributed by atoms with Crippen molar-refractivity contribution in [2.75, 3.05) is 0 Å². The SMILES string of the molecule is CCC(C)[Si](OCc1ccc(C)cc1)(C(C)C)C(C)C. The molecule has 20 heavy (non-hydrogen) atoms. The van der Waals surface area contributed by atoms with Crippen LogP contribution in [0.5, 0.6) is 0 Å². The molecule has 0 N–H and O–H groups in total. The molecule has 0 spiro atoms. The molecule has 0 radical (unpaired) electrons. The van der Waals surface area contributed by atoms with Crippen LogP contribution in [0, 0.1) is 6.92 Å². The van der Waals surface area contributed by atoms with E-state index in [-0.39, 0.29) is 0 Å². The summed E-state index contributed by atoms with van der Waals surface area (Å²) >= 11 is 0. The number of aryl methyl sites for hydroxylation is 1. The molecular weight excluding hydrogens is 260 g/mol. The predicted octanol–water partition coefficient (Wildman–Crippen LogP) is 6.08. The largest absolute Gasteiger partial charge is 0.412 e. The highest BCUT2D eigenvalue weighted by atomic mass is 28.4. The van der Waals surface area contributed by atoms with Crippen LogP contribution in [0.4, 0.5) is 0 Å². The summed E-state index contributed by atoms with van der Waals surface area (Å²) in [6.07, 6.45) is 1.22. The van der Waals surface area contributed by atoms with Gasteiger partial charge in [0.2, 0.25) is 8.32 Å². The second kappa shape index (κ2) is 7.42. The smallest absolute Gasteiger partial charge is 0.201 e. The van der Waals surface area contributed by atoms with Crippen molar-refractivity contribution in [2.45, 2.75) is 78.1 Å². The molecule has 0 aliphatic heterocycles. The Balaban J connectivity index is 2.92. The first-order chi connectivity index (χ1) is 9.34. The van der Waals surface area contributed by atoms with Crippen LogP contribution in [-0.4, -0.2) is 8.32 Å². The third-order valence-corrected chi connectivity index (χ3v) is 11.0. The first-order valence-corrected chi connectivity index (χ1v) is 10.2. The predicted molar refractivity (Wildman–Crippen MR) is 91.6 cm³/mol. The monoisotopic (exact) mass is 292 g/mol. The second-order valence-electron chi connectivity index (χ2n) is 6.75. The van der Waals surface area contributed by atoms with E-state index in [1.54, 1.807) is 0 Å². The van der Waals surface area contributed by atoms with E-state index >= 15 is 0 Å². The average molecular weight is 293 g/mol. The summed E-state index contributed by atoms with van der Waals surface area (Å²) in [6, 6.07) is 8.75. The maximum atomic E-state index is 6.67. The molecule has 0 heterocycles. The summed E-state index contributed by atoms with van der Waals surface area (Å²) in [5, 5.41) is 0. The first kappa shape index (κ1) is 17.4. The van der Waals surface area contributed by atoms with Crippen LogP contribution in [0.2, 0.25) is 16.6 Å². The Labute approximate surface area is 126 Å². The van der Waals surface area contributed by atoms with Gasteiger partial charge < -0.3 is 4.43 Å². The van der Waals surface area contributed by atoms with Gasteiger partial charge in [-0.1, -0.05) is 77.8 Å². The molecule has 1 rings (SSSR count). The fraction of sp³-hybridized carbons (Fsp3) is 0.667. The lowest BCUT2D eigenvalue weighted by molar-refractivity contribution is 0.263. The van der Waals surface area contributed by atoms with Crippen molar-refractivity contribution >= 4 is 8.32 Å². The quantitative estimate of drug-likeness (QED) is 0.554. The minimum atomic E-state index is -1.75. The van der Waals surface area contributed by atoms with E-state index < -0.39 is 8.32 Å². The van der Waals surface area contributed by atoms with Gasteiger partial charge in [-0.15, -0.1) is 0 Å². The highest BCUT2D eigenvalue weighted by Gasteiger charge is 2.46. The van der Waals surface area contributed by atoms with Gasteiger partial charge >= 0.3 is 0 Å². The van der Waals surface area contributed by atoms with Crippen LogP contribution in [0.1, 0.15) is 59.1 Å². The zero-order valence-corrected chi connectivity index (χ0v) is 15.4. The molecule has 0 aromatic heterocycles. The third kappa shape index (κ3) is 3.73. The van der Waals surface area contributed by atoms with Crippen molar-refractivity contribution in [3.63, 3.8) is 0 Å². The summed E-state index contributed by atoms with van der Waals surface area (Å²) in [4.78, 5) is 0. The molecule has 0 fully saturated rings. The molecule has 1 aromatic rings. The summed E-state index contributed by atoms with van der Waals surface area (Å²) in [5.41, 5.74) is 4.63. The van der Waals surface area contributed by atoms with Crippen LogP contribution in [0.3, 0.4) is 0 Å². The molecule has 0 amide bonds. The molecule has 1 atom stereocenters. The summed E-state index contributed by atoms with van der Waals surface area (Å²) in [7, 11) is -1.75. The van der Waals surface area contributed by atoms with E-state index in [9.17, 15) is 0 Å². The molecular formula is C18H32OSi. The molecule has 0 saturated heterocycles. The first-order valence-electron chi connectivity index (χ1n) is 8.04. The molecule has 0 aliphatic carbocycles. The Kier molecular flexibility index (Phi) is 6.47. The van der Waals surface area contributed by atoms with Crippen molar-refractivity contribution in [1.29, 1.82) is 0 Å². The highest BCUT2D eigenvalue weighted by molar-refractivity contribution is 6.77. The van der Waals surface area contributed by atoms with Crippen molar-refractivity contribution in [3.05, 3.63) is 35.4 Å². The lowest BCUT2D eigenvalue weighted by Crippen LogP contribution is -2.48. The number of hydrogen-bond donors (Lipinski definition) is 0. The van der Waals surface area contributed by atoms with Crippen LogP contribution < -0.4 is 0 Å². The van der Waals surface area contributed by atoms with E-state index in [1.165, 1.54) is 17.5 Å². The third-order valence-electron chi connectivity index (χ3n) is 4.80. The number of benzene rings is 1. The minimum absolute atomic E-state index is 0.655. The average Bonchev–Trinajstić information content (AvgIpc) is 2.40. The number of hydrogen-bond acceptors (Lipinski definition) is 1. The summed E-state index contributed by atoms with van der Waals surface area (Å²) in [5.74, 6) is 0. The highest BCUT2D eigenvalue weighted by Crippen LogP contribution is 2.44. The molecule has 1 unspecified atom stereocenters. The molecule has 1 aromatic carbocycles. The van der Waals surface area contributed by atoms with E-state index in [0.717, 1.165) is 6.61 Å². The molecule has 2 heteroatoms. The standard InChI is InChI=1S/C18H32OSi/c1-8-17(7)20(14(2)3,15(4)5)19-13-18-11-9-16(6)10-12-18/h9-12,14-15,17H,8,13H2,1-7H3. The molecule has 0 bridgehead atoms. The lowest BCUT2D eigenvalue weighted by Gasteiger charge is -2.43. The van der Waals surface area contributed by atoms with Gasteiger partial charge in [-0.05, 0) is 29.1 Å². The molecule has 114 valence electrons. The van der Waals surface area contributed by atoms with E-state index in [4.69, 9.17) is 4.43 Å². The second-order valence-corrected chi connectivity index (χ2v) is 12.0. The van der Waals surface area contributed by atoms with Gasteiger partial charge in [0.15, 0.2) is 0 Å². The van der Waals surface area contributed by atoms with Crippen molar-refractivity contribution in [3.8, 4) is 0 Å². The minimum Gasteiger partial charge on any atom is -0.412 e. The maximum absolute atomic E-state index is 6.67. The van der Waals surface area contributed by atoms with Gasteiger partial charge in [-0.3, -0.25) is 0 Å². The fourth-order valence-electron chi connectivity index (χ4n) is 3.49. The summed E-state index contributed by atoms with van der Waals surface area (Å²) < 4.78 is 6.67. The molecule has 0 aliphatic rings. The Bertz CT molecular complexity index is 386. The normalized spacial score (nSPS) is 14.1. The fourth-order valence-corrected chi connectivity index (χ4v) is 9.11. The van der Waals surface area contributed by atoms with E-state index in [2.05, 4.69) is 72.7 Å². The molecule has 1 nitrogen and oxygen atoms in total. The molecule has 0 saturated carbocycles. The van der Waals surface area contributed by atoms with E-state index in [0.29, 0.717) is 16.6 Å². The Hall–Kier alpha value is -0.603. The number of rotatable bonds is 7. The zero-order chi connectivity index (χ0) is 15.3. The van der Waals surface area contributed by atoms with Crippen LogP contribution >= 0.6 is 0 Å². The van der Waals surface area contributed by atoms with Gasteiger partial charge in [-0.2, -0.15) is 0 Å². The Morgan fingerprint density at radius 3 is 1.85 bits per heavy atom. The topological polar surface area (TPSA) is 9.23 Å². The van der Waals surface area contributed by atoms with Gasteiger partial charge in [0.1, 0.15) is 0 Å². The van der Waals surface area contributed by atoms with Crippen molar-refractivity contribution < 1.29 is 4.43 Å². The van der Waals surface area contributed by atoms with Crippen LogP contribution in [-0.2, 0) is 11.0 Å². The van der Waals surface area contributed by atoms with Crippen LogP contribution in [0.25, 0.3) is 0 Å². The lowest BCUT2D eigenvalue weighted by atomic mass is 10.2. The van der Waals surface area contributed by atoms with Gasteiger partial charge in [-0.25, -0.2) is 0 Å².